The standard InChI is InChI=1S/C9H18O2/c1-4-8(10)5-6-9(11)7(2)3/h4,7-11H,1,5-6H2,2-3H3. The van der Waals surface area contributed by atoms with Crippen LogP contribution in [0.4, 0.5) is 0 Å². The van der Waals surface area contributed by atoms with Gasteiger partial charge in [-0.3, -0.25) is 0 Å². The minimum absolute atomic E-state index is 0.270. The van der Waals surface area contributed by atoms with Gasteiger partial charge in [0.2, 0.25) is 0 Å². The van der Waals surface area contributed by atoms with Crippen molar-refractivity contribution >= 4 is 0 Å². The molecule has 0 rings (SSSR count). The zero-order chi connectivity index (χ0) is 8.85. The van der Waals surface area contributed by atoms with Gasteiger partial charge in [-0.05, 0) is 18.8 Å². The summed E-state index contributed by atoms with van der Waals surface area (Å²) >= 11 is 0. The molecule has 0 aromatic heterocycles. The fourth-order valence-electron chi connectivity index (χ4n) is 0.793. The molecule has 0 aliphatic rings. The lowest BCUT2D eigenvalue weighted by atomic mass is 10.0. The van der Waals surface area contributed by atoms with Crippen LogP contribution >= 0.6 is 0 Å². The van der Waals surface area contributed by atoms with E-state index < -0.39 is 6.10 Å². The Morgan fingerprint density at radius 1 is 1.27 bits per heavy atom. The molecular weight excluding hydrogens is 140 g/mol. The molecule has 2 unspecified atom stereocenters. The average Bonchev–Trinajstić information content (AvgIpc) is 1.99. The summed E-state index contributed by atoms with van der Waals surface area (Å²) < 4.78 is 0. The van der Waals surface area contributed by atoms with E-state index >= 15 is 0 Å². The van der Waals surface area contributed by atoms with E-state index in [9.17, 15) is 5.11 Å². The summed E-state index contributed by atoms with van der Waals surface area (Å²) in [4.78, 5) is 0. The topological polar surface area (TPSA) is 40.5 Å². The van der Waals surface area contributed by atoms with Crippen molar-refractivity contribution in [2.45, 2.75) is 38.9 Å². The van der Waals surface area contributed by atoms with Gasteiger partial charge < -0.3 is 10.2 Å². The largest absolute Gasteiger partial charge is 0.393 e. The Balaban J connectivity index is 3.45. The van der Waals surface area contributed by atoms with Crippen LogP contribution in [0.2, 0.25) is 0 Å². The summed E-state index contributed by atoms with van der Waals surface area (Å²) in [5.41, 5.74) is 0. The van der Waals surface area contributed by atoms with E-state index in [2.05, 4.69) is 6.58 Å². The van der Waals surface area contributed by atoms with Gasteiger partial charge >= 0.3 is 0 Å². The normalized spacial score (nSPS) is 16.5. The maximum absolute atomic E-state index is 9.33. The van der Waals surface area contributed by atoms with Crippen LogP contribution in [0.1, 0.15) is 26.7 Å². The van der Waals surface area contributed by atoms with Crippen molar-refractivity contribution in [3.63, 3.8) is 0 Å². The van der Waals surface area contributed by atoms with Crippen LogP contribution < -0.4 is 0 Å². The van der Waals surface area contributed by atoms with Gasteiger partial charge in [-0.25, -0.2) is 0 Å². The molecule has 0 saturated carbocycles. The molecule has 2 atom stereocenters. The van der Waals surface area contributed by atoms with Crippen LogP contribution in [-0.4, -0.2) is 22.4 Å². The van der Waals surface area contributed by atoms with Crippen molar-refractivity contribution in [2.75, 3.05) is 0 Å². The van der Waals surface area contributed by atoms with Crippen molar-refractivity contribution in [3.05, 3.63) is 12.7 Å². The Hall–Kier alpha value is -0.340. The van der Waals surface area contributed by atoms with Crippen LogP contribution in [0.3, 0.4) is 0 Å². The Labute approximate surface area is 68.6 Å². The van der Waals surface area contributed by atoms with Gasteiger partial charge in [0.05, 0.1) is 12.2 Å². The summed E-state index contributed by atoms with van der Waals surface area (Å²) in [5.74, 6) is 0.270. The summed E-state index contributed by atoms with van der Waals surface area (Å²) in [6, 6.07) is 0. The number of rotatable bonds is 5. The first kappa shape index (κ1) is 10.7. The van der Waals surface area contributed by atoms with Crippen LogP contribution in [0.25, 0.3) is 0 Å². The van der Waals surface area contributed by atoms with E-state index in [0.29, 0.717) is 12.8 Å². The van der Waals surface area contributed by atoms with Crippen LogP contribution in [0, 0.1) is 5.92 Å². The van der Waals surface area contributed by atoms with Crippen LogP contribution in [-0.2, 0) is 0 Å². The average molecular weight is 158 g/mol. The lowest BCUT2D eigenvalue weighted by Crippen LogP contribution is -2.16. The van der Waals surface area contributed by atoms with Crippen molar-refractivity contribution in [1.29, 1.82) is 0 Å². The lowest BCUT2D eigenvalue weighted by molar-refractivity contribution is 0.0964. The molecule has 2 nitrogen and oxygen atoms in total. The molecule has 0 aromatic carbocycles. The Bertz CT molecular complexity index is 110. The molecule has 0 aromatic rings. The SMILES string of the molecule is C=CC(O)CCC(O)C(C)C. The summed E-state index contributed by atoms with van der Waals surface area (Å²) in [7, 11) is 0. The third kappa shape index (κ3) is 4.99. The summed E-state index contributed by atoms with van der Waals surface area (Å²) in [6.45, 7) is 7.38. The molecule has 2 heteroatoms. The number of aliphatic hydroxyl groups is 2. The molecule has 0 radical (unpaired) electrons. The van der Waals surface area contributed by atoms with Crippen LogP contribution in [0.15, 0.2) is 12.7 Å². The molecule has 0 fully saturated rings. The first-order valence-corrected chi connectivity index (χ1v) is 4.06. The molecule has 0 aliphatic heterocycles. The molecule has 11 heavy (non-hydrogen) atoms. The zero-order valence-corrected chi connectivity index (χ0v) is 7.33. The molecule has 66 valence electrons. The summed E-state index contributed by atoms with van der Waals surface area (Å²) in [5, 5.41) is 18.4. The second-order valence-electron chi connectivity index (χ2n) is 3.19. The van der Waals surface area contributed by atoms with E-state index in [-0.39, 0.29) is 12.0 Å². The third-order valence-corrected chi connectivity index (χ3v) is 1.80. The van der Waals surface area contributed by atoms with Gasteiger partial charge in [-0.15, -0.1) is 6.58 Å². The highest BCUT2D eigenvalue weighted by Gasteiger charge is 2.10. The number of aliphatic hydroxyl groups excluding tert-OH is 2. The van der Waals surface area contributed by atoms with Gasteiger partial charge in [-0.1, -0.05) is 19.9 Å². The molecule has 0 spiro atoms. The van der Waals surface area contributed by atoms with Crippen molar-refractivity contribution in [1.82, 2.24) is 0 Å². The highest BCUT2D eigenvalue weighted by molar-refractivity contribution is 4.78. The maximum Gasteiger partial charge on any atom is 0.0719 e. The molecule has 0 saturated heterocycles. The Morgan fingerprint density at radius 2 is 1.82 bits per heavy atom. The van der Waals surface area contributed by atoms with Gasteiger partial charge in [0.25, 0.3) is 0 Å². The third-order valence-electron chi connectivity index (χ3n) is 1.80. The Morgan fingerprint density at radius 3 is 2.18 bits per heavy atom. The smallest absolute Gasteiger partial charge is 0.0719 e. The zero-order valence-electron chi connectivity index (χ0n) is 7.33. The van der Waals surface area contributed by atoms with Gasteiger partial charge in [0, 0.05) is 0 Å². The van der Waals surface area contributed by atoms with E-state index in [0.717, 1.165) is 0 Å². The number of hydrogen-bond acceptors (Lipinski definition) is 2. The molecule has 0 heterocycles. The quantitative estimate of drug-likeness (QED) is 0.593. The van der Waals surface area contributed by atoms with Crippen LogP contribution in [0.5, 0.6) is 0 Å². The first-order chi connectivity index (χ1) is 5.07. The second kappa shape index (κ2) is 5.33. The van der Waals surface area contributed by atoms with E-state index in [4.69, 9.17) is 5.11 Å². The molecule has 2 N–H and O–H groups in total. The first-order valence-electron chi connectivity index (χ1n) is 4.06. The minimum atomic E-state index is -0.469. The van der Waals surface area contributed by atoms with Crippen molar-refractivity contribution in [3.8, 4) is 0 Å². The fraction of sp³-hybridized carbons (Fsp3) is 0.778. The summed E-state index contributed by atoms with van der Waals surface area (Å²) in [6.07, 6.45) is 1.97. The van der Waals surface area contributed by atoms with E-state index in [1.165, 1.54) is 6.08 Å². The fourth-order valence-corrected chi connectivity index (χ4v) is 0.793. The van der Waals surface area contributed by atoms with Gasteiger partial charge in [0.1, 0.15) is 0 Å². The van der Waals surface area contributed by atoms with Crippen molar-refractivity contribution in [2.24, 2.45) is 5.92 Å². The van der Waals surface area contributed by atoms with E-state index in [1.807, 2.05) is 13.8 Å². The molecule has 0 aliphatic carbocycles. The van der Waals surface area contributed by atoms with Gasteiger partial charge in [0.15, 0.2) is 0 Å². The van der Waals surface area contributed by atoms with E-state index in [1.54, 1.807) is 0 Å². The highest BCUT2D eigenvalue weighted by atomic mass is 16.3. The monoisotopic (exact) mass is 158 g/mol. The van der Waals surface area contributed by atoms with Gasteiger partial charge in [-0.2, -0.15) is 0 Å². The predicted molar refractivity (Wildman–Crippen MR) is 46.3 cm³/mol. The maximum atomic E-state index is 9.33. The number of hydrogen-bond donors (Lipinski definition) is 2. The minimum Gasteiger partial charge on any atom is -0.393 e. The molecular formula is C9H18O2. The lowest BCUT2D eigenvalue weighted by Gasteiger charge is -2.14. The molecule has 0 bridgehead atoms. The molecule has 0 amide bonds. The highest BCUT2D eigenvalue weighted by Crippen LogP contribution is 2.09. The second-order valence-corrected chi connectivity index (χ2v) is 3.19. The van der Waals surface area contributed by atoms with Crippen molar-refractivity contribution < 1.29 is 10.2 Å². The predicted octanol–water partition coefficient (Wildman–Crippen LogP) is 1.33. The Kier molecular flexibility index (Phi) is 5.16.